The van der Waals surface area contributed by atoms with E-state index in [2.05, 4.69) is 5.32 Å². The van der Waals surface area contributed by atoms with Gasteiger partial charge in [-0.05, 0) is 57.2 Å². The van der Waals surface area contributed by atoms with Gasteiger partial charge in [-0.3, -0.25) is 4.79 Å². The van der Waals surface area contributed by atoms with Crippen molar-refractivity contribution in [3.63, 3.8) is 0 Å². The number of hydrogen-bond acceptors (Lipinski definition) is 6. The molecule has 0 radical (unpaired) electrons. The zero-order valence-electron chi connectivity index (χ0n) is 15.7. The number of hydrogen-bond donors (Lipinski definition) is 1. The number of halogens is 1. The molecule has 7 nitrogen and oxygen atoms in total. The highest BCUT2D eigenvalue weighted by atomic mass is 35.5. The van der Waals surface area contributed by atoms with Crippen LogP contribution < -0.4 is 19.5 Å². The van der Waals surface area contributed by atoms with Gasteiger partial charge in [-0.25, -0.2) is 4.79 Å². The second kappa shape index (κ2) is 7.98. The Balaban J connectivity index is 1.57. The lowest BCUT2D eigenvalue weighted by atomic mass is 10.1. The van der Waals surface area contributed by atoms with E-state index in [1.54, 1.807) is 56.3 Å². The van der Waals surface area contributed by atoms with Gasteiger partial charge in [0.15, 0.2) is 23.2 Å². The molecule has 0 unspecified atom stereocenters. The monoisotopic (exact) mass is 405 g/mol. The van der Waals surface area contributed by atoms with Gasteiger partial charge in [0.25, 0.3) is 5.91 Å². The van der Waals surface area contributed by atoms with Crippen molar-refractivity contribution in [2.24, 2.45) is 0 Å². The number of anilines is 1. The maximum Gasteiger partial charge on any atom is 0.350 e. The van der Waals surface area contributed by atoms with E-state index in [4.69, 9.17) is 30.5 Å². The quantitative estimate of drug-likeness (QED) is 0.736. The zero-order valence-corrected chi connectivity index (χ0v) is 16.4. The first-order chi connectivity index (χ1) is 13.2. The first-order valence-corrected chi connectivity index (χ1v) is 8.98. The van der Waals surface area contributed by atoms with E-state index in [9.17, 15) is 9.59 Å². The van der Waals surface area contributed by atoms with Gasteiger partial charge in [0.2, 0.25) is 6.79 Å². The molecular formula is C20H20ClNO6. The third-order valence-electron chi connectivity index (χ3n) is 3.97. The van der Waals surface area contributed by atoms with E-state index < -0.39 is 23.6 Å². The van der Waals surface area contributed by atoms with Crippen LogP contribution in [0, 0.1) is 0 Å². The van der Waals surface area contributed by atoms with Gasteiger partial charge < -0.3 is 24.3 Å². The third kappa shape index (κ3) is 4.67. The summed E-state index contributed by atoms with van der Waals surface area (Å²) >= 11 is 5.84. The highest BCUT2D eigenvalue weighted by Crippen LogP contribution is 2.34. The van der Waals surface area contributed by atoms with E-state index >= 15 is 0 Å². The number of nitrogens with one attached hydrogen (secondary N) is 1. The molecule has 8 heteroatoms. The molecule has 0 saturated heterocycles. The Labute approximate surface area is 167 Å². The van der Waals surface area contributed by atoms with Crippen molar-refractivity contribution in [1.82, 2.24) is 0 Å². The van der Waals surface area contributed by atoms with Crippen molar-refractivity contribution < 1.29 is 28.5 Å². The Morgan fingerprint density at radius 2 is 1.79 bits per heavy atom. The van der Waals surface area contributed by atoms with E-state index in [1.807, 2.05) is 0 Å². The average Bonchev–Trinajstić information content (AvgIpc) is 3.11. The molecule has 3 rings (SSSR count). The molecule has 0 bridgehead atoms. The molecule has 0 spiro atoms. The van der Waals surface area contributed by atoms with Gasteiger partial charge in [-0.1, -0.05) is 11.6 Å². The van der Waals surface area contributed by atoms with Crippen molar-refractivity contribution in [3.05, 3.63) is 47.5 Å². The molecule has 1 amide bonds. The SMILES string of the molecule is C[C@H](OC(=O)C(C)(C)Oc1ccc(Cl)cc1)C(=O)Nc1ccc2c(c1)OCO2. The van der Waals surface area contributed by atoms with E-state index in [1.165, 1.54) is 6.92 Å². The minimum Gasteiger partial charge on any atom is -0.476 e. The summed E-state index contributed by atoms with van der Waals surface area (Å²) in [5.74, 6) is 0.465. The predicted octanol–water partition coefficient (Wildman–Crippen LogP) is 3.80. The van der Waals surface area contributed by atoms with Crippen LogP contribution in [0.3, 0.4) is 0 Å². The first-order valence-electron chi connectivity index (χ1n) is 8.61. The summed E-state index contributed by atoms with van der Waals surface area (Å²) in [5.41, 5.74) is -0.782. The fourth-order valence-electron chi connectivity index (χ4n) is 2.41. The fourth-order valence-corrected chi connectivity index (χ4v) is 2.54. The number of carbonyl (C=O) groups is 2. The lowest BCUT2D eigenvalue weighted by molar-refractivity contribution is -0.166. The van der Waals surface area contributed by atoms with Crippen LogP contribution in [-0.4, -0.2) is 30.4 Å². The van der Waals surface area contributed by atoms with Crippen molar-refractivity contribution in [3.8, 4) is 17.2 Å². The van der Waals surface area contributed by atoms with Crippen LogP contribution in [0.4, 0.5) is 5.69 Å². The fraction of sp³-hybridized carbons (Fsp3) is 0.300. The van der Waals surface area contributed by atoms with E-state index in [0.717, 1.165) is 0 Å². The lowest BCUT2D eigenvalue weighted by Gasteiger charge is -2.26. The Kier molecular flexibility index (Phi) is 5.65. The Morgan fingerprint density at radius 3 is 2.50 bits per heavy atom. The molecule has 1 heterocycles. The second-order valence-electron chi connectivity index (χ2n) is 6.67. The maximum absolute atomic E-state index is 12.5. The lowest BCUT2D eigenvalue weighted by Crippen LogP contribution is -2.43. The highest BCUT2D eigenvalue weighted by molar-refractivity contribution is 6.30. The van der Waals surface area contributed by atoms with Crippen LogP contribution in [-0.2, 0) is 14.3 Å². The molecule has 0 fully saturated rings. The number of fused-ring (bicyclic) bond motifs is 1. The van der Waals surface area contributed by atoms with Crippen LogP contribution in [0.1, 0.15) is 20.8 Å². The van der Waals surface area contributed by atoms with Gasteiger partial charge >= 0.3 is 5.97 Å². The van der Waals surface area contributed by atoms with Crippen LogP contribution in [0.15, 0.2) is 42.5 Å². The van der Waals surface area contributed by atoms with Crippen molar-refractivity contribution >= 4 is 29.2 Å². The van der Waals surface area contributed by atoms with Crippen LogP contribution in [0.5, 0.6) is 17.2 Å². The van der Waals surface area contributed by atoms with Gasteiger partial charge in [-0.2, -0.15) is 0 Å². The average molecular weight is 406 g/mol. The minimum absolute atomic E-state index is 0.142. The van der Waals surface area contributed by atoms with Crippen LogP contribution in [0.25, 0.3) is 0 Å². The van der Waals surface area contributed by atoms with Gasteiger partial charge in [0.1, 0.15) is 5.75 Å². The van der Waals surface area contributed by atoms with Gasteiger partial charge in [0, 0.05) is 16.8 Å². The molecule has 1 aliphatic heterocycles. The van der Waals surface area contributed by atoms with Crippen LogP contribution in [0.2, 0.25) is 5.02 Å². The Bertz CT molecular complexity index is 881. The second-order valence-corrected chi connectivity index (χ2v) is 7.11. The number of benzene rings is 2. The van der Waals surface area contributed by atoms with Crippen molar-refractivity contribution in [2.45, 2.75) is 32.5 Å². The number of rotatable bonds is 6. The number of carbonyl (C=O) groups excluding carboxylic acids is 2. The normalized spacial score (nSPS) is 13.6. The number of amides is 1. The maximum atomic E-state index is 12.5. The summed E-state index contributed by atoms with van der Waals surface area (Å²) < 4.78 is 21.4. The first kappa shape index (κ1) is 19.8. The molecule has 1 aliphatic rings. The largest absolute Gasteiger partial charge is 0.476 e. The van der Waals surface area contributed by atoms with Crippen molar-refractivity contribution in [2.75, 3.05) is 12.1 Å². The van der Waals surface area contributed by atoms with Crippen LogP contribution >= 0.6 is 11.6 Å². The van der Waals surface area contributed by atoms with Gasteiger partial charge in [-0.15, -0.1) is 0 Å². The summed E-state index contributed by atoms with van der Waals surface area (Å²) in [6, 6.07) is 11.6. The Hall–Kier alpha value is -2.93. The molecule has 28 heavy (non-hydrogen) atoms. The molecule has 148 valence electrons. The molecule has 0 aliphatic carbocycles. The number of ether oxygens (including phenoxy) is 4. The molecule has 2 aromatic carbocycles. The minimum atomic E-state index is -1.29. The standard InChI is InChI=1S/C20H20ClNO6/c1-12(18(23)22-14-6-9-16-17(10-14)26-11-25-16)27-19(24)20(2,3)28-15-7-4-13(21)5-8-15/h4-10,12H,11H2,1-3H3,(H,22,23)/t12-/m0/s1. The highest BCUT2D eigenvalue weighted by Gasteiger charge is 2.34. The number of esters is 1. The summed E-state index contributed by atoms with van der Waals surface area (Å²) in [7, 11) is 0. The zero-order chi connectivity index (χ0) is 20.3. The summed E-state index contributed by atoms with van der Waals surface area (Å²) in [6.45, 7) is 4.75. The van der Waals surface area contributed by atoms with E-state index in [-0.39, 0.29) is 6.79 Å². The Morgan fingerprint density at radius 1 is 1.11 bits per heavy atom. The third-order valence-corrected chi connectivity index (χ3v) is 4.22. The summed E-state index contributed by atoms with van der Waals surface area (Å²) in [4.78, 5) is 24.8. The smallest absolute Gasteiger partial charge is 0.350 e. The molecule has 1 N–H and O–H groups in total. The molecular weight excluding hydrogens is 386 g/mol. The molecule has 0 saturated carbocycles. The molecule has 2 aromatic rings. The summed E-state index contributed by atoms with van der Waals surface area (Å²) in [5, 5.41) is 3.23. The van der Waals surface area contributed by atoms with Gasteiger partial charge in [0.05, 0.1) is 0 Å². The van der Waals surface area contributed by atoms with E-state index in [0.29, 0.717) is 28.0 Å². The molecule has 1 atom stereocenters. The van der Waals surface area contributed by atoms with Crippen molar-refractivity contribution in [1.29, 1.82) is 0 Å². The predicted molar refractivity (Wildman–Crippen MR) is 103 cm³/mol. The topological polar surface area (TPSA) is 83.1 Å². The molecule has 0 aromatic heterocycles. The summed E-state index contributed by atoms with van der Waals surface area (Å²) in [6.07, 6.45) is -1.02.